The molecule has 4 heteroatoms. The Kier molecular flexibility index (Phi) is 5.89. The Morgan fingerprint density at radius 1 is 1.41 bits per heavy atom. The summed E-state index contributed by atoms with van der Waals surface area (Å²) in [5.74, 6) is -0.393. The molecule has 0 saturated heterocycles. The third-order valence-electron chi connectivity index (χ3n) is 2.39. The minimum atomic E-state index is -0.393. The van der Waals surface area contributed by atoms with E-state index in [0.717, 1.165) is 12.1 Å². The summed E-state index contributed by atoms with van der Waals surface area (Å²) < 4.78 is 18.7. The fraction of sp³-hybridized carbons (Fsp3) is 0.538. The van der Waals surface area contributed by atoms with Crippen LogP contribution in [0.15, 0.2) is 18.2 Å². The monoisotopic (exact) mass is 259 g/mol. The molecule has 0 aromatic heterocycles. The number of rotatable bonds is 6. The predicted molar refractivity (Wildman–Crippen MR) is 68.9 cm³/mol. The Morgan fingerprint density at radius 3 is 2.65 bits per heavy atom. The topological polar surface area (TPSA) is 21.3 Å². The summed E-state index contributed by atoms with van der Waals surface area (Å²) in [7, 11) is 0. The zero-order valence-electron chi connectivity index (χ0n) is 10.5. The van der Waals surface area contributed by atoms with Gasteiger partial charge in [-0.1, -0.05) is 24.6 Å². The number of benzene rings is 1. The standard InChI is InChI=1S/C13H19ClFNO/c1-4-16-13(8-17-9(2)3)10-5-6-12(15)11(14)7-10/h5-7,9,13,16H,4,8H2,1-3H3. The van der Waals surface area contributed by atoms with Crippen LogP contribution in [0.25, 0.3) is 0 Å². The summed E-state index contributed by atoms with van der Waals surface area (Å²) >= 11 is 5.78. The molecule has 1 rings (SSSR count). The number of hydrogen-bond donors (Lipinski definition) is 1. The molecule has 0 saturated carbocycles. The highest BCUT2D eigenvalue weighted by molar-refractivity contribution is 6.30. The van der Waals surface area contributed by atoms with Crippen molar-refractivity contribution in [1.29, 1.82) is 0 Å². The van der Waals surface area contributed by atoms with Gasteiger partial charge in [0.1, 0.15) is 5.82 Å². The van der Waals surface area contributed by atoms with E-state index in [1.807, 2.05) is 20.8 Å². The van der Waals surface area contributed by atoms with Gasteiger partial charge >= 0.3 is 0 Å². The average molecular weight is 260 g/mol. The molecule has 0 radical (unpaired) electrons. The number of nitrogens with one attached hydrogen (secondary N) is 1. The van der Waals surface area contributed by atoms with E-state index in [1.165, 1.54) is 6.07 Å². The van der Waals surface area contributed by atoms with Gasteiger partial charge in [-0.2, -0.15) is 0 Å². The molecule has 0 fully saturated rings. The van der Waals surface area contributed by atoms with Crippen LogP contribution in [0.2, 0.25) is 5.02 Å². The largest absolute Gasteiger partial charge is 0.377 e. The first kappa shape index (κ1) is 14.4. The van der Waals surface area contributed by atoms with Crippen LogP contribution in [0.1, 0.15) is 32.4 Å². The fourth-order valence-electron chi connectivity index (χ4n) is 1.54. The lowest BCUT2D eigenvalue weighted by atomic mass is 10.1. The van der Waals surface area contributed by atoms with Crippen molar-refractivity contribution >= 4 is 11.6 Å². The lowest BCUT2D eigenvalue weighted by molar-refractivity contribution is 0.0614. The summed E-state index contributed by atoms with van der Waals surface area (Å²) in [6.07, 6.45) is 0.173. The Labute approximate surface area is 107 Å². The van der Waals surface area contributed by atoms with Crippen molar-refractivity contribution in [1.82, 2.24) is 5.32 Å². The van der Waals surface area contributed by atoms with Crippen LogP contribution < -0.4 is 5.32 Å². The molecule has 1 aromatic rings. The summed E-state index contributed by atoms with van der Waals surface area (Å²) in [6, 6.07) is 4.81. The number of hydrogen-bond acceptors (Lipinski definition) is 2. The van der Waals surface area contributed by atoms with Crippen molar-refractivity contribution < 1.29 is 9.13 Å². The molecule has 0 spiro atoms. The maximum atomic E-state index is 13.1. The van der Waals surface area contributed by atoms with E-state index >= 15 is 0 Å². The van der Waals surface area contributed by atoms with E-state index in [9.17, 15) is 4.39 Å². The molecular weight excluding hydrogens is 241 g/mol. The van der Waals surface area contributed by atoms with Crippen LogP contribution in [0.5, 0.6) is 0 Å². The van der Waals surface area contributed by atoms with E-state index in [1.54, 1.807) is 12.1 Å². The fourth-order valence-corrected chi connectivity index (χ4v) is 1.73. The molecule has 0 amide bonds. The first-order valence-corrected chi connectivity index (χ1v) is 6.22. The molecule has 0 bridgehead atoms. The van der Waals surface area contributed by atoms with Crippen LogP contribution in [-0.2, 0) is 4.74 Å². The van der Waals surface area contributed by atoms with E-state index in [4.69, 9.17) is 16.3 Å². The van der Waals surface area contributed by atoms with Crippen LogP contribution in [0.3, 0.4) is 0 Å². The van der Waals surface area contributed by atoms with E-state index in [0.29, 0.717) is 6.61 Å². The van der Waals surface area contributed by atoms with Gasteiger partial charge in [0.25, 0.3) is 0 Å². The second-order valence-corrected chi connectivity index (χ2v) is 4.57. The lowest BCUT2D eigenvalue weighted by Gasteiger charge is -2.20. The molecule has 1 N–H and O–H groups in total. The quantitative estimate of drug-likeness (QED) is 0.844. The molecule has 0 aliphatic heterocycles. The first-order valence-electron chi connectivity index (χ1n) is 5.84. The minimum absolute atomic E-state index is 0.0421. The smallest absolute Gasteiger partial charge is 0.141 e. The Morgan fingerprint density at radius 2 is 2.12 bits per heavy atom. The zero-order valence-corrected chi connectivity index (χ0v) is 11.2. The van der Waals surface area contributed by atoms with Gasteiger partial charge in [0.05, 0.1) is 23.8 Å². The number of halogens is 2. The molecule has 96 valence electrons. The Hall–Kier alpha value is -0.640. The highest BCUT2D eigenvalue weighted by Crippen LogP contribution is 2.21. The van der Waals surface area contributed by atoms with Crippen LogP contribution in [0.4, 0.5) is 4.39 Å². The van der Waals surface area contributed by atoms with Gasteiger partial charge in [0, 0.05) is 0 Å². The Bertz CT molecular complexity index is 357. The minimum Gasteiger partial charge on any atom is -0.377 e. The van der Waals surface area contributed by atoms with Crippen molar-refractivity contribution in [2.75, 3.05) is 13.2 Å². The van der Waals surface area contributed by atoms with Crippen molar-refractivity contribution in [3.63, 3.8) is 0 Å². The van der Waals surface area contributed by atoms with Crippen molar-refractivity contribution in [3.05, 3.63) is 34.6 Å². The van der Waals surface area contributed by atoms with Gasteiger partial charge in [-0.3, -0.25) is 0 Å². The normalized spacial score (nSPS) is 13.1. The molecule has 1 atom stereocenters. The SMILES string of the molecule is CCNC(COC(C)C)c1ccc(F)c(Cl)c1. The number of likely N-dealkylation sites (N-methyl/N-ethyl adjacent to an activating group) is 1. The molecule has 17 heavy (non-hydrogen) atoms. The van der Waals surface area contributed by atoms with Crippen LogP contribution in [0, 0.1) is 5.82 Å². The molecule has 0 aliphatic rings. The maximum Gasteiger partial charge on any atom is 0.141 e. The summed E-state index contributed by atoms with van der Waals surface area (Å²) in [4.78, 5) is 0. The van der Waals surface area contributed by atoms with Crippen LogP contribution in [-0.4, -0.2) is 19.3 Å². The van der Waals surface area contributed by atoms with Gasteiger partial charge in [0.15, 0.2) is 0 Å². The molecule has 0 aliphatic carbocycles. The zero-order chi connectivity index (χ0) is 12.8. The Balaban J connectivity index is 2.77. The third-order valence-corrected chi connectivity index (χ3v) is 2.68. The van der Waals surface area contributed by atoms with Crippen molar-refractivity contribution in [2.24, 2.45) is 0 Å². The van der Waals surface area contributed by atoms with Crippen molar-refractivity contribution in [3.8, 4) is 0 Å². The van der Waals surface area contributed by atoms with Gasteiger partial charge in [-0.15, -0.1) is 0 Å². The summed E-state index contributed by atoms with van der Waals surface area (Å²) in [5, 5.41) is 3.44. The predicted octanol–water partition coefficient (Wildman–Crippen LogP) is 3.55. The lowest BCUT2D eigenvalue weighted by Crippen LogP contribution is -2.26. The summed E-state index contributed by atoms with van der Waals surface area (Å²) in [6.45, 7) is 7.36. The first-order chi connectivity index (χ1) is 8.04. The molecule has 2 nitrogen and oxygen atoms in total. The number of ether oxygens (including phenoxy) is 1. The van der Waals surface area contributed by atoms with Gasteiger partial charge < -0.3 is 10.1 Å². The van der Waals surface area contributed by atoms with Gasteiger partial charge in [-0.25, -0.2) is 4.39 Å². The highest BCUT2D eigenvalue weighted by Gasteiger charge is 2.13. The highest BCUT2D eigenvalue weighted by atomic mass is 35.5. The van der Waals surface area contributed by atoms with E-state index in [-0.39, 0.29) is 17.2 Å². The molecular formula is C13H19ClFNO. The average Bonchev–Trinajstić information content (AvgIpc) is 2.28. The van der Waals surface area contributed by atoms with Gasteiger partial charge in [0.2, 0.25) is 0 Å². The van der Waals surface area contributed by atoms with Crippen LogP contribution >= 0.6 is 11.6 Å². The molecule has 0 heterocycles. The van der Waals surface area contributed by atoms with Gasteiger partial charge in [-0.05, 0) is 38.1 Å². The van der Waals surface area contributed by atoms with E-state index < -0.39 is 5.82 Å². The molecule has 1 aromatic carbocycles. The summed E-state index contributed by atoms with van der Waals surface area (Å²) in [5.41, 5.74) is 0.943. The third kappa shape index (κ3) is 4.62. The second-order valence-electron chi connectivity index (χ2n) is 4.17. The van der Waals surface area contributed by atoms with Crippen molar-refractivity contribution in [2.45, 2.75) is 32.9 Å². The molecule has 1 unspecified atom stereocenters. The second kappa shape index (κ2) is 6.94. The van der Waals surface area contributed by atoms with E-state index in [2.05, 4.69) is 5.32 Å². The maximum absolute atomic E-state index is 13.1.